The molecular formula is C24H17FN4O5. The molecule has 0 unspecified atom stereocenters. The molecule has 0 atom stereocenters. The van der Waals surface area contributed by atoms with Gasteiger partial charge in [-0.2, -0.15) is 5.26 Å². The summed E-state index contributed by atoms with van der Waals surface area (Å²) in [5.41, 5.74) is 0.183. The molecule has 9 nitrogen and oxygen atoms in total. The lowest BCUT2D eigenvalue weighted by atomic mass is 10.1. The van der Waals surface area contributed by atoms with Crippen LogP contribution in [0.4, 0.5) is 21.5 Å². The molecule has 0 aliphatic rings. The van der Waals surface area contributed by atoms with Gasteiger partial charge in [-0.15, -0.1) is 0 Å². The number of non-ortho nitro benzene ring substituents is 1. The third kappa shape index (κ3) is 6.48. The molecule has 2 N–H and O–H groups in total. The molecule has 2 amide bonds. The highest BCUT2D eigenvalue weighted by Crippen LogP contribution is 2.20. The van der Waals surface area contributed by atoms with Crippen molar-refractivity contribution in [3.05, 3.63) is 99.9 Å². The van der Waals surface area contributed by atoms with Crippen LogP contribution in [0.1, 0.15) is 5.56 Å². The fourth-order valence-electron chi connectivity index (χ4n) is 2.80. The van der Waals surface area contributed by atoms with E-state index in [0.717, 1.165) is 0 Å². The number of benzene rings is 3. The second kappa shape index (κ2) is 11.0. The van der Waals surface area contributed by atoms with Crippen molar-refractivity contribution < 1.29 is 23.6 Å². The number of carbonyl (C=O) groups is 2. The van der Waals surface area contributed by atoms with E-state index < -0.39 is 22.6 Å². The number of nitro groups is 1. The number of para-hydroxylation sites is 1. The number of nitrogens with one attached hydrogen (secondary N) is 2. The largest absolute Gasteiger partial charge is 0.484 e. The molecule has 3 aromatic carbocycles. The van der Waals surface area contributed by atoms with E-state index in [1.807, 2.05) is 0 Å². The van der Waals surface area contributed by atoms with Crippen LogP contribution in [0, 0.1) is 27.3 Å². The molecule has 0 bridgehead atoms. The summed E-state index contributed by atoms with van der Waals surface area (Å²) < 4.78 is 19.0. The van der Waals surface area contributed by atoms with Crippen molar-refractivity contribution in [2.45, 2.75) is 0 Å². The van der Waals surface area contributed by atoms with Crippen LogP contribution < -0.4 is 15.4 Å². The van der Waals surface area contributed by atoms with Gasteiger partial charge in [-0.1, -0.05) is 30.3 Å². The maximum absolute atomic E-state index is 13.6. The van der Waals surface area contributed by atoms with E-state index in [9.17, 15) is 29.4 Å². The third-order valence-corrected chi connectivity index (χ3v) is 4.37. The van der Waals surface area contributed by atoms with Crippen LogP contribution in [0.2, 0.25) is 0 Å². The van der Waals surface area contributed by atoms with Crippen LogP contribution in [-0.4, -0.2) is 23.3 Å². The summed E-state index contributed by atoms with van der Waals surface area (Å²) in [7, 11) is 0. The number of amides is 2. The molecule has 3 rings (SSSR count). The van der Waals surface area contributed by atoms with Gasteiger partial charge in [0.2, 0.25) is 0 Å². The molecule has 0 saturated heterocycles. The number of anilines is 2. The van der Waals surface area contributed by atoms with Crippen molar-refractivity contribution in [2.24, 2.45) is 0 Å². The van der Waals surface area contributed by atoms with E-state index in [1.54, 1.807) is 30.3 Å². The number of hydrogen-bond donors (Lipinski definition) is 2. The predicted octanol–water partition coefficient (Wildman–Crippen LogP) is 4.30. The summed E-state index contributed by atoms with van der Waals surface area (Å²) in [5, 5.41) is 25.1. The number of nitrogens with zero attached hydrogens (tertiary/aromatic N) is 2. The summed E-state index contributed by atoms with van der Waals surface area (Å²) in [6.45, 7) is -0.389. The zero-order valence-electron chi connectivity index (χ0n) is 17.5. The highest BCUT2D eigenvalue weighted by atomic mass is 19.1. The van der Waals surface area contributed by atoms with E-state index in [-0.39, 0.29) is 35.0 Å². The SMILES string of the molecule is N#CC(=Cc1cccc(OCC(=O)Nc2ccccc2F)c1)C(=O)Nc1cccc([N+](=O)[O-])c1. The van der Waals surface area contributed by atoms with E-state index in [1.165, 1.54) is 54.6 Å². The second-order valence-electron chi connectivity index (χ2n) is 6.82. The summed E-state index contributed by atoms with van der Waals surface area (Å²) in [5.74, 6) is -1.61. The molecule has 0 spiro atoms. The van der Waals surface area contributed by atoms with Gasteiger partial charge in [0.25, 0.3) is 17.5 Å². The van der Waals surface area contributed by atoms with Crippen molar-refractivity contribution in [1.82, 2.24) is 0 Å². The molecule has 10 heteroatoms. The highest BCUT2D eigenvalue weighted by molar-refractivity contribution is 6.09. The molecular weight excluding hydrogens is 443 g/mol. The average molecular weight is 460 g/mol. The van der Waals surface area contributed by atoms with Crippen LogP contribution in [0.5, 0.6) is 5.75 Å². The van der Waals surface area contributed by atoms with Crippen molar-refractivity contribution in [2.75, 3.05) is 17.2 Å². The highest BCUT2D eigenvalue weighted by Gasteiger charge is 2.13. The lowest BCUT2D eigenvalue weighted by Gasteiger charge is -2.09. The minimum Gasteiger partial charge on any atom is -0.484 e. The standard InChI is InChI=1S/C24H17FN4O5/c25-21-9-1-2-10-22(21)28-23(30)15-34-20-8-3-5-16(12-20)11-17(14-26)24(31)27-18-6-4-7-19(13-18)29(32)33/h1-13H,15H2,(H,27,31)(H,28,30). The molecule has 0 aromatic heterocycles. The molecule has 0 radical (unpaired) electrons. The lowest BCUT2D eigenvalue weighted by molar-refractivity contribution is -0.384. The Balaban J connectivity index is 1.65. The Hall–Kier alpha value is -5.04. The van der Waals surface area contributed by atoms with E-state index in [2.05, 4.69) is 10.6 Å². The Morgan fingerprint density at radius 3 is 2.56 bits per heavy atom. The zero-order chi connectivity index (χ0) is 24.5. The summed E-state index contributed by atoms with van der Waals surface area (Å²) in [6, 6.07) is 19.1. The number of carbonyl (C=O) groups excluding carboxylic acids is 2. The summed E-state index contributed by atoms with van der Waals surface area (Å²) in [6.07, 6.45) is 1.30. The fourth-order valence-corrected chi connectivity index (χ4v) is 2.80. The lowest BCUT2D eigenvalue weighted by Crippen LogP contribution is -2.20. The van der Waals surface area contributed by atoms with Crippen LogP contribution in [0.3, 0.4) is 0 Å². The van der Waals surface area contributed by atoms with Crippen molar-refractivity contribution in [3.63, 3.8) is 0 Å². The molecule has 0 aliphatic carbocycles. The Morgan fingerprint density at radius 1 is 1.06 bits per heavy atom. The topological polar surface area (TPSA) is 134 Å². The minimum absolute atomic E-state index is 0.0289. The van der Waals surface area contributed by atoms with E-state index >= 15 is 0 Å². The smallest absolute Gasteiger partial charge is 0.271 e. The van der Waals surface area contributed by atoms with Gasteiger partial charge < -0.3 is 15.4 Å². The van der Waals surface area contributed by atoms with E-state index in [0.29, 0.717) is 5.56 Å². The number of rotatable bonds is 8. The van der Waals surface area contributed by atoms with Crippen molar-refractivity contribution in [3.8, 4) is 11.8 Å². The molecule has 34 heavy (non-hydrogen) atoms. The Kier molecular flexibility index (Phi) is 7.65. The van der Waals surface area contributed by atoms with Gasteiger partial charge in [0, 0.05) is 17.8 Å². The van der Waals surface area contributed by atoms with Crippen molar-refractivity contribution >= 4 is 35.0 Å². The van der Waals surface area contributed by atoms with Crippen molar-refractivity contribution in [1.29, 1.82) is 5.26 Å². The molecule has 170 valence electrons. The average Bonchev–Trinajstić information content (AvgIpc) is 2.83. The minimum atomic E-state index is -0.751. The Bertz CT molecular complexity index is 1320. The number of ether oxygens (including phenoxy) is 1. The molecule has 3 aromatic rings. The van der Waals surface area contributed by atoms with Crippen LogP contribution in [-0.2, 0) is 9.59 Å². The van der Waals surface area contributed by atoms with Crippen LogP contribution in [0.15, 0.2) is 78.4 Å². The van der Waals surface area contributed by atoms with Crippen LogP contribution in [0.25, 0.3) is 6.08 Å². The Labute approximate surface area is 193 Å². The monoisotopic (exact) mass is 460 g/mol. The maximum Gasteiger partial charge on any atom is 0.271 e. The first kappa shape index (κ1) is 23.6. The third-order valence-electron chi connectivity index (χ3n) is 4.37. The number of nitriles is 1. The fraction of sp³-hybridized carbons (Fsp3) is 0.0417. The molecule has 0 aliphatic heterocycles. The van der Waals surface area contributed by atoms with Gasteiger partial charge in [-0.25, -0.2) is 4.39 Å². The zero-order valence-corrected chi connectivity index (χ0v) is 17.5. The first-order valence-electron chi connectivity index (χ1n) is 9.80. The number of halogens is 1. The van der Waals surface area contributed by atoms with Crippen LogP contribution >= 0.6 is 0 Å². The molecule has 0 fully saturated rings. The summed E-state index contributed by atoms with van der Waals surface area (Å²) >= 11 is 0. The predicted molar refractivity (Wildman–Crippen MR) is 122 cm³/mol. The van der Waals surface area contributed by atoms with E-state index in [4.69, 9.17) is 4.74 Å². The number of hydrogen-bond acceptors (Lipinski definition) is 6. The normalized spacial score (nSPS) is 10.6. The van der Waals surface area contributed by atoms with Gasteiger partial charge in [-0.3, -0.25) is 19.7 Å². The van der Waals surface area contributed by atoms with Gasteiger partial charge in [-0.05, 0) is 42.0 Å². The quantitative estimate of drug-likeness (QED) is 0.223. The van der Waals surface area contributed by atoms with Gasteiger partial charge in [0.15, 0.2) is 6.61 Å². The molecule has 0 saturated carbocycles. The number of nitro benzene ring substituents is 1. The maximum atomic E-state index is 13.6. The first-order valence-corrected chi connectivity index (χ1v) is 9.80. The van der Waals surface area contributed by atoms with Gasteiger partial charge >= 0.3 is 0 Å². The Morgan fingerprint density at radius 2 is 1.82 bits per heavy atom. The molecule has 0 heterocycles. The first-order chi connectivity index (χ1) is 16.4. The van der Waals surface area contributed by atoms with Gasteiger partial charge in [0.1, 0.15) is 23.2 Å². The van der Waals surface area contributed by atoms with Gasteiger partial charge in [0.05, 0.1) is 10.6 Å². The second-order valence-corrected chi connectivity index (χ2v) is 6.82. The summed E-state index contributed by atoms with van der Waals surface area (Å²) in [4.78, 5) is 34.7.